The Morgan fingerprint density at radius 2 is 2.00 bits per heavy atom. The van der Waals surface area contributed by atoms with E-state index in [1.54, 1.807) is 11.8 Å². The van der Waals surface area contributed by atoms with Crippen LogP contribution < -0.4 is 0 Å². The van der Waals surface area contributed by atoms with E-state index in [0.717, 1.165) is 21.3 Å². The van der Waals surface area contributed by atoms with Crippen LogP contribution in [0.4, 0.5) is 0 Å². The lowest BCUT2D eigenvalue weighted by Crippen LogP contribution is -1.90. The van der Waals surface area contributed by atoms with Crippen LogP contribution in [0, 0.1) is 0 Å². The zero-order chi connectivity index (χ0) is 13.2. The standard InChI is InChI=1S/C13H9BrClN3S/c14-9-6-16-12-10(9)11(15)17-13(18-12)19-7-8-4-2-1-3-5-8/h1-6H,7H2,(H,16,17,18). The molecule has 2 heterocycles. The summed E-state index contributed by atoms with van der Waals surface area (Å²) in [6.45, 7) is 0. The molecule has 0 bridgehead atoms. The average Bonchev–Trinajstić information content (AvgIpc) is 2.80. The van der Waals surface area contributed by atoms with E-state index in [0.29, 0.717) is 10.3 Å². The lowest BCUT2D eigenvalue weighted by molar-refractivity contribution is 0.994. The van der Waals surface area contributed by atoms with Crippen molar-refractivity contribution in [3.05, 3.63) is 51.7 Å². The van der Waals surface area contributed by atoms with Gasteiger partial charge in [0.1, 0.15) is 10.8 Å². The summed E-state index contributed by atoms with van der Waals surface area (Å²) in [7, 11) is 0. The largest absolute Gasteiger partial charge is 0.345 e. The number of aromatic nitrogens is 3. The fraction of sp³-hybridized carbons (Fsp3) is 0.0769. The van der Waals surface area contributed by atoms with E-state index in [4.69, 9.17) is 11.6 Å². The van der Waals surface area contributed by atoms with Crippen LogP contribution in [0.2, 0.25) is 5.15 Å². The van der Waals surface area contributed by atoms with Gasteiger partial charge in [-0.15, -0.1) is 0 Å². The first kappa shape index (κ1) is 13.0. The van der Waals surface area contributed by atoms with Gasteiger partial charge >= 0.3 is 0 Å². The molecule has 2 aromatic heterocycles. The van der Waals surface area contributed by atoms with Gasteiger partial charge in [-0.3, -0.25) is 0 Å². The van der Waals surface area contributed by atoms with Gasteiger partial charge in [-0.1, -0.05) is 53.7 Å². The summed E-state index contributed by atoms with van der Waals surface area (Å²) in [5, 5.41) is 1.97. The molecule has 0 saturated heterocycles. The number of fused-ring (bicyclic) bond motifs is 1. The second kappa shape index (κ2) is 5.53. The Morgan fingerprint density at radius 1 is 1.21 bits per heavy atom. The first-order valence-electron chi connectivity index (χ1n) is 5.61. The third kappa shape index (κ3) is 2.78. The van der Waals surface area contributed by atoms with Gasteiger partial charge in [0, 0.05) is 16.4 Å². The van der Waals surface area contributed by atoms with Gasteiger partial charge < -0.3 is 4.98 Å². The maximum atomic E-state index is 6.18. The lowest BCUT2D eigenvalue weighted by Gasteiger charge is -2.02. The molecular weight excluding hydrogens is 346 g/mol. The van der Waals surface area contributed by atoms with E-state index < -0.39 is 0 Å². The predicted molar refractivity (Wildman–Crippen MR) is 82.6 cm³/mol. The number of H-pyrrole nitrogens is 1. The summed E-state index contributed by atoms with van der Waals surface area (Å²) in [6, 6.07) is 10.2. The summed E-state index contributed by atoms with van der Waals surface area (Å²) in [5.41, 5.74) is 1.99. The highest BCUT2D eigenvalue weighted by Crippen LogP contribution is 2.30. The summed E-state index contributed by atoms with van der Waals surface area (Å²) in [5.74, 6) is 0.824. The summed E-state index contributed by atoms with van der Waals surface area (Å²) < 4.78 is 0.882. The molecule has 3 aromatic rings. The first-order chi connectivity index (χ1) is 9.24. The molecule has 0 aliphatic heterocycles. The molecule has 0 unspecified atom stereocenters. The van der Waals surface area contributed by atoms with Crippen LogP contribution in [-0.2, 0) is 5.75 Å². The van der Waals surface area contributed by atoms with Crippen molar-refractivity contribution < 1.29 is 0 Å². The minimum absolute atomic E-state index is 0.466. The van der Waals surface area contributed by atoms with Crippen molar-refractivity contribution in [3.8, 4) is 0 Å². The Hall–Kier alpha value is -1.04. The molecule has 1 N–H and O–H groups in total. The van der Waals surface area contributed by atoms with Crippen LogP contribution in [0.3, 0.4) is 0 Å². The molecule has 0 saturated carbocycles. The van der Waals surface area contributed by atoms with Gasteiger partial charge in [0.05, 0.1) is 5.39 Å². The third-order valence-electron chi connectivity index (χ3n) is 2.63. The number of benzene rings is 1. The Labute approximate surface area is 127 Å². The summed E-state index contributed by atoms with van der Waals surface area (Å²) in [4.78, 5) is 11.8. The number of rotatable bonds is 3. The van der Waals surface area contributed by atoms with E-state index in [9.17, 15) is 0 Å². The number of hydrogen-bond acceptors (Lipinski definition) is 3. The van der Waals surface area contributed by atoms with Crippen molar-refractivity contribution in [2.75, 3.05) is 0 Å². The molecule has 0 spiro atoms. The molecule has 3 rings (SSSR count). The van der Waals surface area contributed by atoms with Gasteiger partial charge in [-0.05, 0) is 21.5 Å². The van der Waals surface area contributed by atoms with E-state index in [1.165, 1.54) is 5.56 Å². The highest BCUT2D eigenvalue weighted by molar-refractivity contribution is 9.10. The van der Waals surface area contributed by atoms with E-state index >= 15 is 0 Å². The summed E-state index contributed by atoms with van der Waals surface area (Å²) in [6.07, 6.45) is 1.82. The van der Waals surface area contributed by atoms with Gasteiger partial charge in [0.2, 0.25) is 0 Å². The first-order valence-corrected chi connectivity index (χ1v) is 7.76. The van der Waals surface area contributed by atoms with Crippen molar-refractivity contribution in [3.63, 3.8) is 0 Å². The molecular formula is C13H9BrClN3S. The third-order valence-corrected chi connectivity index (χ3v) is 4.45. The van der Waals surface area contributed by atoms with Crippen molar-refractivity contribution in [1.29, 1.82) is 0 Å². The van der Waals surface area contributed by atoms with Crippen LogP contribution >= 0.6 is 39.3 Å². The minimum Gasteiger partial charge on any atom is -0.345 e. The minimum atomic E-state index is 0.466. The molecule has 0 fully saturated rings. The van der Waals surface area contributed by atoms with Gasteiger partial charge in [0.15, 0.2) is 5.16 Å². The predicted octanol–water partition coefficient (Wildman–Crippen LogP) is 4.67. The van der Waals surface area contributed by atoms with Crippen molar-refractivity contribution in [2.24, 2.45) is 0 Å². The molecule has 0 aliphatic rings. The van der Waals surface area contributed by atoms with Crippen LogP contribution in [0.15, 0.2) is 46.2 Å². The maximum absolute atomic E-state index is 6.18. The zero-order valence-electron chi connectivity index (χ0n) is 9.73. The van der Waals surface area contributed by atoms with Crippen LogP contribution in [0.1, 0.15) is 5.56 Å². The normalized spacial score (nSPS) is 11.1. The molecule has 3 nitrogen and oxygen atoms in total. The maximum Gasteiger partial charge on any atom is 0.191 e. The molecule has 0 radical (unpaired) electrons. The quantitative estimate of drug-likeness (QED) is 0.422. The topological polar surface area (TPSA) is 41.6 Å². The molecule has 6 heteroatoms. The Bertz CT molecular complexity index is 714. The second-order valence-corrected chi connectivity index (χ2v) is 6.09. The monoisotopic (exact) mass is 353 g/mol. The van der Waals surface area contributed by atoms with Crippen LogP contribution in [-0.4, -0.2) is 15.0 Å². The van der Waals surface area contributed by atoms with E-state index in [2.05, 4.69) is 43.0 Å². The molecule has 0 amide bonds. The molecule has 0 aliphatic carbocycles. The smallest absolute Gasteiger partial charge is 0.191 e. The Morgan fingerprint density at radius 3 is 2.79 bits per heavy atom. The number of aromatic amines is 1. The molecule has 1 aromatic carbocycles. The Kier molecular flexibility index (Phi) is 3.77. The SMILES string of the molecule is Clc1nc(SCc2ccccc2)nc2[nH]cc(Br)c12. The molecule has 19 heavy (non-hydrogen) atoms. The van der Waals surface area contributed by atoms with Crippen molar-refractivity contribution >= 4 is 50.3 Å². The van der Waals surface area contributed by atoms with Crippen LogP contribution in [0.5, 0.6) is 0 Å². The highest BCUT2D eigenvalue weighted by atomic mass is 79.9. The highest BCUT2D eigenvalue weighted by Gasteiger charge is 2.11. The lowest BCUT2D eigenvalue weighted by atomic mass is 10.2. The number of hydrogen-bond donors (Lipinski definition) is 1. The number of nitrogens with one attached hydrogen (secondary N) is 1. The van der Waals surface area contributed by atoms with E-state index in [-0.39, 0.29) is 0 Å². The van der Waals surface area contributed by atoms with Crippen LogP contribution in [0.25, 0.3) is 11.0 Å². The van der Waals surface area contributed by atoms with Crippen molar-refractivity contribution in [2.45, 2.75) is 10.9 Å². The summed E-state index contributed by atoms with van der Waals surface area (Å²) >= 11 is 11.2. The Balaban J connectivity index is 1.86. The number of halogens is 2. The van der Waals surface area contributed by atoms with E-state index in [1.807, 2.05) is 24.4 Å². The fourth-order valence-electron chi connectivity index (χ4n) is 1.72. The second-order valence-electron chi connectivity index (χ2n) is 3.93. The van der Waals surface area contributed by atoms with Gasteiger partial charge in [-0.25, -0.2) is 9.97 Å². The van der Waals surface area contributed by atoms with Gasteiger partial charge in [-0.2, -0.15) is 0 Å². The average molecular weight is 355 g/mol. The van der Waals surface area contributed by atoms with Crippen molar-refractivity contribution in [1.82, 2.24) is 15.0 Å². The number of thioether (sulfide) groups is 1. The van der Waals surface area contributed by atoms with Gasteiger partial charge in [0.25, 0.3) is 0 Å². The number of nitrogens with zero attached hydrogens (tertiary/aromatic N) is 2. The molecule has 96 valence electrons. The zero-order valence-corrected chi connectivity index (χ0v) is 12.9. The molecule has 0 atom stereocenters. The fourth-order valence-corrected chi connectivity index (χ4v) is 3.45.